The highest BCUT2D eigenvalue weighted by Crippen LogP contribution is 2.28. The maximum absolute atomic E-state index is 5.80. The first-order valence-electron chi connectivity index (χ1n) is 6.63. The molecule has 20 heavy (non-hydrogen) atoms. The van der Waals surface area contributed by atoms with E-state index in [4.69, 9.17) is 10.5 Å². The molecule has 0 unspecified atom stereocenters. The van der Waals surface area contributed by atoms with Crippen LogP contribution >= 0.6 is 15.9 Å². The summed E-state index contributed by atoms with van der Waals surface area (Å²) < 4.78 is 6.72. The van der Waals surface area contributed by atoms with Gasteiger partial charge in [-0.1, -0.05) is 45.0 Å². The van der Waals surface area contributed by atoms with E-state index in [0.717, 1.165) is 15.8 Å². The fourth-order valence-electron chi connectivity index (χ4n) is 1.89. The van der Waals surface area contributed by atoms with Crippen molar-refractivity contribution in [3.05, 3.63) is 58.1 Å². The summed E-state index contributed by atoms with van der Waals surface area (Å²) in [5.74, 6) is 0.768. The molecule has 106 valence electrons. The molecule has 3 heteroatoms. The normalized spacial score (nSPS) is 11.4. The number of benzene rings is 2. The summed E-state index contributed by atoms with van der Waals surface area (Å²) in [7, 11) is 0. The van der Waals surface area contributed by atoms with Crippen molar-refractivity contribution >= 4 is 21.6 Å². The van der Waals surface area contributed by atoms with Crippen LogP contribution in [0.15, 0.2) is 46.9 Å². The Balaban J connectivity index is 2.06. The van der Waals surface area contributed by atoms with E-state index in [-0.39, 0.29) is 5.41 Å². The number of nitrogen functional groups attached to an aromatic ring is 1. The van der Waals surface area contributed by atoms with Crippen LogP contribution in [0.1, 0.15) is 31.9 Å². The molecule has 0 spiro atoms. The third-order valence-corrected chi connectivity index (χ3v) is 3.82. The van der Waals surface area contributed by atoms with Crippen LogP contribution in [0, 0.1) is 0 Å². The number of hydrogen-bond donors (Lipinski definition) is 1. The molecule has 2 rings (SSSR count). The zero-order valence-corrected chi connectivity index (χ0v) is 13.7. The van der Waals surface area contributed by atoms with E-state index in [1.165, 1.54) is 5.56 Å². The van der Waals surface area contributed by atoms with Crippen molar-refractivity contribution in [1.29, 1.82) is 0 Å². The third kappa shape index (κ3) is 3.76. The van der Waals surface area contributed by atoms with Crippen LogP contribution in [-0.4, -0.2) is 0 Å². The predicted octanol–water partition coefficient (Wildman–Crippen LogP) is 4.91. The van der Waals surface area contributed by atoms with E-state index in [0.29, 0.717) is 12.3 Å². The van der Waals surface area contributed by atoms with Gasteiger partial charge in [-0.15, -0.1) is 0 Å². The largest absolute Gasteiger partial charge is 0.488 e. The van der Waals surface area contributed by atoms with E-state index in [9.17, 15) is 0 Å². The monoisotopic (exact) mass is 333 g/mol. The van der Waals surface area contributed by atoms with Gasteiger partial charge in [0.25, 0.3) is 0 Å². The Morgan fingerprint density at radius 2 is 1.70 bits per heavy atom. The standard InChI is InChI=1S/C17H20BrNO/c1-17(2,3)13-6-4-12(5-7-13)11-20-16-10-14(19)8-9-15(16)18/h4-10H,11,19H2,1-3H3. The smallest absolute Gasteiger partial charge is 0.136 e. The summed E-state index contributed by atoms with van der Waals surface area (Å²) in [5, 5.41) is 0. The minimum atomic E-state index is 0.177. The van der Waals surface area contributed by atoms with Crippen LogP contribution < -0.4 is 10.5 Å². The molecule has 0 bridgehead atoms. The molecule has 0 amide bonds. The molecule has 0 radical (unpaired) electrons. The van der Waals surface area contributed by atoms with Crippen molar-refractivity contribution < 1.29 is 4.74 Å². The summed E-state index contributed by atoms with van der Waals surface area (Å²) in [5.41, 5.74) is 9.11. The molecule has 0 saturated carbocycles. The Hall–Kier alpha value is -1.48. The summed E-state index contributed by atoms with van der Waals surface area (Å²) in [6.07, 6.45) is 0. The minimum absolute atomic E-state index is 0.177. The average Bonchev–Trinajstić information content (AvgIpc) is 2.39. The number of ether oxygens (including phenoxy) is 1. The van der Waals surface area contributed by atoms with Gasteiger partial charge in [-0.05, 0) is 44.6 Å². The highest BCUT2D eigenvalue weighted by Gasteiger charge is 2.12. The molecule has 2 aromatic rings. The van der Waals surface area contributed by atoms with Gasteiger partial charge in [0.1, 0.15) is 12.4 Å². The van der Waals surface area contributed by atoms with Crippen LogP contribution in [-0.2, 0) is 12.0 Å². The second kappa shape index (κ2) is 5.88. The predicted molar refractivity (Wildman–Crippen MR) is 88.0 cm³/mol. The highest BCUT2D eigenvalue weighted by atomic mass is 79.9. The topological polar surface area (TPSA) is 35.2 Å². The molecular formula is C17H20BrNO. The summed E-state index contributed by atoms with van der Waals surface area (Å²) in [4.78, 5) is 0. The Labute approximate surface area is 129 Å². The molecule has 2 aromatic carbocycles. The lowest BCUT2D eigenvalue weighted by atomic mass is 9.87. The zero-order chi connectivity index (χ0) is 14.8. The maximum Gasteiger partial charge on any atom is 0.136 e. The molecule has 0 aliphatic heterocycles. The molecule has 2 nitrogen and oxygen atoms in total. The Morgan fingerprint density at radius 3 is 2.30 bits per heavy atom. The van der Waals surface area contributed by atoms with E-state index in [1.807, 2.05) is 18.2 Å². The molecule has 0 atom stereocenters. The van der Waals surface area contributed by atoms with Gasteiger partial charge in [0.2, 0.25) is 0 Å². The lowest BCUT2D eigenvalue weighted by Crippen LogP contribution is -2.10. The van der Waals surface area contributed by atoms with Crippen LogP contribution in [0.25, 0.3) is 0 Å². The number of hydrogen-bond acceptors (Lipinski definition) is 2. The first-order chi connectivity index (χ1) is 9.36. The van der Waals surface area contributed by atoms with Crippen molar-refractivity contribution in [3.8, 4) is 5.75 Å². The van der Waals surface area contributed by atoms with E-state index < -0.39 is 0 Å². The fraction of sp³-hybridized carbons (Fsp3) is 0.294. The second-order valence-electron chi connectivity index (χ2n) is 5.93. The van der Waals surface area contributed by atoms with Crippen molar-refractivity contribution in [3.63, 3.8) is 0 Å². The van der Waals surface area contributed by atoms with Gasteiger partial charge in [-0.3, -0.25) is 0 Å². The molecule has 0 saturated heterocycles. The van der Waals surface area contributed by atoms with E-state index >= 15 is 0 Å². The lowest BCUT2D eigenvalue weighted by Gasteiger charge is -2.19. The van der Waals surface area contributed by atoms with Gasteiger partial charge in [-0.2, -0.15) is 0 Å². The van der Waals surface area contributed by atoms with Crippen molar-refractivity contribution in [1.82, 2.24) is 0 Å². The van der Waals surface area contributed by atoms with Crippen molar-refractivity contribution in [2.45, 2.75) is 32.8 Å². The Kier molecular flexibility index (Phi) is 4.39. The first kappa shape index (κ1) is 14.9. The lowest BCUT2D eigenvalue weighted by molar-refractivity contribution is 0.304. The van der Waals surface area contributed by atoms with E-state index in [1.54, 1.807) is 0 Å². The minimum Gasteiger partial charge on any atom is -0.488 e. The van der Waals surface area contributed by atoms with Gasteiger partial charge >= 0.3 is 0 Å². The zero-order valence-electron chi connectivity index (χ0n) is 12.1. The summed E-state index contributed by atoms with van der Waals surface area (Å²) in [6.45, 7) is 7.17. The number of anilines is 1. The number of halogens is 1. The van der Waals surface area contributed by atoms with Crippen LogP contribution in [0.4, 0.5) is 5.69 Å². The van der Waals surface area contributed by atoms with Crippen LogP contribution in [0.3, 0.4) is 0 Å². The van der Waals surface area contributed by atoms with Gasteiger partial charge in [-0.25, -0.2) is 0 Å². The van der Waals surface area contributed by atoms with Gasteiger partial charge < -0.3 is 10.5 Å². The SMILES string of the molecule is CC(C)(C)c1ccc(COc2cc(N)ccc2Br)cc1. The van der Waals surface area contributed by atoms with Gasteiger partial charge in [0, 0.05) is 11.8 Å². The van der Waals surface area contributed by atoms with Crippen molar-refractivity contribution in [2.75, 3.05) is 5.73 Å². The first-order valence-corrected chi connectivity index (χ1v) is 7.43. The van der Waals surface area contributed by atoms with Gasteiger partial charge in [0.05, 0.1) is 4.47 Å². The molecule has 0 aliphatic rings. The number of rotatable bonds is 3. The second-order valence-corrected chi connectivity index (χ2v) is 6.78. The van der Waals surface area contributed by atoms with Gasteiger partial charge in [0.15, 0.2) is 0 Å². The van der Waals surface area contributed by atoms with Crippen molar-refractivity contribution in [2.24, 2.45) is 0 Å². The van der Waals surface area contributed by atoms with E-state index in [2.05, 4.69) is 61.0 Å². The molecule has 2 N–H and O–H groups in total. The molecule has 0 fully saturated rings. The molecule has 0 aromatic heterocycles. The highest BCUT2D eigenvalue weighted by molar-refractivity contribution is 9.10. The molecular weight excluding hydrogens is 314 g/mol. The van der Waals surface area contributed by atoms with Crippen LogP contribution in [0.5, 0.6) is 5.75 Å². The summed E-state index contributed by atoms with van der Waals surface area (Å²) in [6, 6.07) is 14.1. The number of nitrogens with two attached hydrogens (primary N) is 1. The average molecular weight is 334 g/mol. The molecule has 0 heterocycles. The maximum atomic E-state index is 5.80. The third-order valence-electron chi connectivity index (χ3n) is 3.17. The Bertz CT molecular complexity index is 585. The Morgan fingerprint density at radius 1 is 1.05 bits per heavy atom. The molecule has 0 aliphatic carbocycles. The quantitative estimate of drug-likeness (QED) is 0.810. The summed E-state index contributed by atoms with van der Waals surface area (Å²) >= 11 is 3.46. The van der Waals surface area contributed by atoms with Crippen LogP contribution in [0.2, 0.25) is 0 Å². The fourth-order valence-corrected chi connectivity index (χ4v) is 2.25.